The minimum absolute atomic E-state index is 0. The van der Waals surface area contributed by atoms with Gasteiger partial charge in [0.15, 0.2) is 5.96 Å². The predicted octanol–water partition coefficient (Wildman–Crippen LogP) is 2.83. The second-order valence-corrected chi connectivity index (χ2v) is 6.62. The molecule has 0 unspecified atom stereocenters. The molecule has 1 amide bonds. The summed E-state index contributed by atoms with van der Waals surface area (Å²) < 4.78 is 0. The first kappa shape index (κ1) is 22.7. The van der Waals surface area contributed by atoms with E-state index in [4.69, 9.17) is 0 Å². The summed E-state index contributed by atoms with van der Waals surface area (Å²) in [5.41, 5.74) is 2.06. The van der Waals surface area contributed by atoms with Gasteiger partial charge >= 0.3 is 0 Å². The number of aliphatic imine (C=N–C) groups is 1. The number of rotatable bonds is 6. The summed E-state index contributed by atoms with van der Waals surface area (Å²) >= 11 is 0. The Balaban J connectivity index is 0.00000529. The third-order valence-corrected chi connectivity index (χ3v) is 3.23. The van der Waals surface area contributed by atoms with Gasteiger partial charge in [0.05, 0.1) is 6.54 Å². The molecular formula is C18H31IN4O. The first-order valence-corrected chi connectivity index (χ1v) is 8.19. The summed E-state index contributed by atoms with van der Waals surface area (Å²) in [6, 6.07) is 8.33. The van der Waals surface area contributed by atoms with Gasteiger partial charge in [-0.25, -0.2) is 4.99 Å². The van der Waals surface area contributed by atoms with Crippen molar-refractivity contribution in [2.24, 2.45) is 10.4 Å². The first-order valence-electron chi connectivity index (χ1n) is 8.19. The average Bonchev–Trinajstić information content (AvgIpc) is 2.47. The molecule has 0 aliphatic heterocycles. The van der Waals surface area contributed by atoms with E-state index in [1.165, 1.54) is 11.1 Å². The van der Waals surface area contributed by atoms with Crippen molar-refractivity contribution in [1.82, 2.24) is 16.0 Å². The van der Waals surface area contributed by atoms with Crippen molar-refractivity contribution in [3.8, 4) is 0 Å². The Morgan fingerprint density at radius 1 is 1.12 bits per heavy atom. The number of carbonyl (C=O) groups is 1. The zero-order valence-corrected chi connectivity index (χ0v) is 17.7. The molecule has 0 aliphatic rings. The van der Waals surface area contributed by atoms with Crippen LogP contribution in [0.3, 0.4) is 0 Å². The Labute approximate surface area is 163 Å². The highest BCUT2D eigenvalue weighted by Crippen LogP contribution is 2.11. The maximum Gasteiger partial charge on any atom is 0.225 e. The SMILES string of the molecule is CCNC(=NCc1cccc(C)c1)NCCNC(=O)C(C)(C)C.I. The summed E-state index contributed by atoms with van der Waals surface area (Å²) in [6.45, 7) is 12.5. The largest absolute Gasteiger partial charge is 0.357 e. The highest BCUT2D eigenvalue weighted by Gasteiger charge is 2.20. The van der Waals surface area contributed by atoms with E-state index in [9.17, 15) is 4.79 Å². The van der Waals surface area contributed by atoms with Gasteiger partial charge in [0.25, 0.3) is 0 Å². The Hall–Kier alpha value is -1.31. The normalized spacial score (nSPS) is 11.5. The molecule has 0 spiro atoms. The molecule has 0 fully saturated rings. The number of aryl methyl sites for hydroxylation is 1. The summed E-state index contributed by atoms with van der Waals surface area (Å²) in [6.07, 6.45) is 0. The zero-order valence-electron chi connectivity index (χ0n) is 15.4. The fourth-order valence-electron chi connectivity index (χ4n) is 1.94. The minimum Gasteiger partial charge on any atom is -0.357 e. The van der Waals surface area contributed by atoms with Crippen LogP contribution in [0.25, 0.3) is 0 Å². The van der Waals surface area contributed by atoms with E-state index in [0.29, 0.717) is 19.6 Å². The maximum atomic E-state index is 11.8. The fraction of sp³-hybridized carbons (Fsp3) is 0.556. The summed E-state index contributed by atoms with van der Waals surface area (Å²) in [4.78, 5) is 16.4. The van der Waals surface area contributed by atoms with Crippen molar-refractivity contribution in [3.05, 3.63) is 35.4 Å². The van der Waals surface area contributed by atoms with Gasteiger partial charge in [0.2, 0.25) is 5.91 Å². The van der Waals surface area contributed by atoms with Crippen LogP contribution < -0.4 is 16.0 Å². The van der Waals surface area contributed by atoms with Gasteiger partial charge in [-0.2, -0.15) is 0 Å². The number of hydrogen-bond acceptors (Lipinski definition) is 2. The molecule has 0 radical (unpaired) electrons. The van der Waals surface area contributed by atoms with Crippen molar-refractivity contribution >= 4 is 35.8 Å². The fourth-order valence-corrected chi connectivity index (χ4v) is 1.94. The number of amides is 1. The van der Waals surface area contributed by atoms with Gasteiger partial charge in [-0.1, -0.05) is 50.6 Å². The molecule has 136 valence electrons. The smallest absolute Gasteiger partial charge is 0.225 e. The third kappa shape index (κ3) is 9.10. The predicted molar refractivity (Wildman–Crippen MR) is 112 cm³/mol. The van der Waals surface area contributed by atoms with E-state index in [0.717, 1.165) is 12.5 Å². The topological polar surface area (TPSA) is 65.5 Å². The molecule has 24 heavy (non-hydrogen) atoms. The quantitative estimate of drug-likeness (QED) is 0.273. The van der Waals surface area contributed by atoms with Crippen LogP contribution >= 0.6 is 24.0 Å². The molecule has 0 atom stereocenters. The van der Waals surface area contributed by atoms with Crippen LogP contribution in [-0.4, -0.2) is 31.5 Å². The molecule has 1 rings (SSSR count). The van der Waals surface area contributed by atoms with Crippen LogP contribution in [0, 0.1) is 12.3 Å². The second-order valence-electron chi connectivity index (χ2n) is 6.62. The Morgan fingerprint density at radius 2 is 1.79 bits per heavy atom. The molecule has 0 aromatic heterocycles. The minimum atomic E-state index is -0.357. The number of carbonyl (C=O) groups excluding carboxylic acids is 1. The zero-order chi connectivity index (χ0) is 17.3. The van der Waals surface area contributed by atoms with E-state index >= 15 is 0 Å². The van der Waals surface area contributed by atoms with Crippen molar-refractivity contribution < 1.29 is 4.79 Å². The van der Waals surface area contributed by atoms with Crippen molar-refractivity contribution in [2.75, 3.05) is 19.6 Å². The van der Waals surface area contributed by atoms with Gasteiger partial charge in [-0.15, -0.1) is 24.0 Å². The molecule has 0 saturated heterocycles. The Morgan fingerprint density at radius 3 is 2.38 bits per heavy atom. The van der Waals surface area contributed by atoms with Crippen LogP contribution in [0.2, 0.25) is 0 Å². The van der Waals surface area contributed by atoms with E-state index < -0.39 is 0 Å². The second kappa shape index (κ2) is 11.3. The average molecular weight is 446 g/mol. The lowest BCUT2D eigenvalue weighted by molar-refractivity contribution is -0.128. The monoisotopic (exact) mass is 446 g/mol. The number of guanidine groups is 1. The van der Waals surface area contributed by atoms with Gasteiger partial charge < -0.3 is 16.0 Å². The lowest BCUT2D eigenvalue weighted by Crippen LogP contribution is -2.43. The molecule has 0 saturated carbocycles. The van der Waals surface area contributed by atoms with Gasteiger partial charge in [0.1, 0.15) is 0 Å². The molecule has 0 bridgehead atoms. The highest BCUT2D eigenvalue weighted by molar-refractivity contribution is 14.0. The summed E-state index contributed by atoms with van der Waals surface area (Å²) in [7, 11) is 0. The van der Waals surface area contributed by atoms with Gasteiger partial charge in [-0.3, -0.25) is 4.79 Å². The lowest BCUT2D eigenvalue weighted by atomic mass is 9.96. The molecule has 1 aromatic rings. The van der Waals surface area contributed by atoms with Gasteiger partial charge in [-0.05, 0) is 19.4 Å². The highest BCUT2D eigenvalue weighted by atomic mass is 127. The van der Waals surface area contributed by atoms with E-state index in [2.05, 4.69) is 46.1 Å². The lowest BCUT2D eigenvalue weighted by Gasteiger charge is -2.18. The molecule has 1 aromatic carbocycles. The van der Waals surface area contributed by atoms with Crippen molar-refractivity contribution in [2.45, 2.75) is 41.2 Å². The van der Waals surface area contributed by atoms with E-state index in [-0.39, 0.29) is 35.3 Å². The molecule has 6 heteroatoms. The third-order valence-electron chi connectivity index (χ3n) is 3.23. The number of nitrogens with zero attached hydrogens (tertiary/aromatic N) is 1. The molecular weight excluding hydrogens is 415 g/mol. The number of hydrogen-bond donors (Lipinski definition) is 3. The Kier molecular flexibility index (Phi) is 10.7. The van der Waals surface area contributed by atoms with Crippen LogP contribution in [0.5, 0.6) is 0 Å². The Bertz CT molecular complexity index is 538. The number of halogens is 1. The molecule has 0 heterocycles. The standard InChI is InChI=1S/C18H30N4O.HI/c1-6-19-17(21-11-10-20-16(23)18(3,4)5)22-13-15-9-7-8-14(2)12-15;/h7-9,12H,6,10-11,13H2,1-5H3,(H,20,23)(H2,19,21,22);1H. The number of nitrogens with one attached hydrogen (secondary N) is 3. The van der Waals surface area contributed by atoms with Crippen molar-refractivity contribution in [3.63, 3.8) is 0 Å². The van der Waals surface area contributed by atoms with Crippen molar-refractivity contribution in [1.29, 1.82) is 0 Å². The summed E-state index contributed by atoms with van der Waals surface area (Å²) in [5, 5.41) is 9.37. The molecule has 3 N–H and O–H groups in total. The summed E-state index contributed by atoms with van der Waals surface area (Å²) in [5.74, 6) is 0.819. The molecule has 5 nitrogen and oxygen atoms in total. The molecule has 0 aliphatic carbocycles. The first-order chi connectivity index (χ1) is 10.8. The van der Waals surface area contributed by atoms with E-state index in [1.807, 2.05) is 33.8 Å². The van der Waals surface area contributed by atoms with Gasteiger partial charge in [0, 0.05) is 25.0 Å². The number of benzene rings is 1. The van der Waals surface area contributed by atoms with Crippen LogP contribution in [0.15, 0.2) is 29.3 Å². The van der Waals surface area contributed by atoms with E-state index in [1.54, 1.807) is 0 Å². The van der Waals surface area contributed by atoms with Crippen LogP contribution in [-0.2, 0) is 11.3 Å². The maximum absolute atomic E-state index is 11.8. The van der Waals surface area contributed by atoms with Crippen LogP contribution in [0.1, 0.15) is 38.8 Å². The van der Waals surface area contributed by atoms with Crippen LogP contribution in [0.4, 0.5) is 0 Å².